The van der Waals surface area contributed by atoms with Crippen LogP contribution in [0.4, 0.5) is 0 Å². The second-order valence-electron chi connectivity index (χ2n) is 6.77. The Bertz CT molecular complexity index is 1030. The summed E-state index contributed by atoms with van der Waals surface area (Å²) >= 11 is 6.06. The summed E-state index contributed by atoms with van der Waals surface area (Å²) in [6.45, 7) is 0. The summed E-state index contributed by atoms with van der Waals surface area (Å²) in [4.78, 5) is 24.1. The fraction of sp³-hybridized carbons (Fsp3) is 0.200. The molecular weight excluding hydrogens is 350 g/mol. The average Bonchev–Trinajstić information content (AvgIpc) is 3.33. The van der Waals surface area contributed by atoms with Crippen LogP contribution in [0.5, 0.6) is 0 Å². The summed E-state index contributed by atoms with van der Waals surface area (Å²) in [7, 11) is 1.86. The number of carbonyl (C=O) groups is 2. The van der Waals surface area contributed by atoms with E-state index in [2.05, 4.69) is 5.32 Å². The normalized spacial score (nSPS) is 15.0. The molecule has 2 amide bonds. The number of hydrogen-bond acceptors (Lipinski definition) is 2. The summed E-state index contributed by atoms with van der Waals surface area (Å²) in [5, 5.41) is 4.76. The summed E-state index contributed by atoms with van der Waals surface area (Å²) in [6, 6.07) is 14.5. The lowest BCUT2D eigenvalue weighted by Crippen LogP contribution is -2.35. The maximum atomic E-state index is 12.9. The summed E-state index contributed by atoms with van der Waals surface area (Å²) in [5.41, 5.74) is 7.86. The SMILES string of the molecule is Cn1c(C(=O)NC2(c3ccc(C(N)=O)cc3)CC2)cc2ccc(Cl)cc21. The van der Waals surface area contributed by atoms with E-state index in [1.165, 1.54) is 0 Å². The second kappa shape index (κ2) is 5.88. The summed E-state index contributed by atoms with van der Waals surface area (Å²) in [6.07, 6.45) is 1.73. The van der Waals surface area contributed by atoms with Crippen molar-refractivity contribution in [2.24, 2.45) is 12.8 Å². The number of carbonyl (C=O) groups excluding carboxylic acids is 2. The molecule has 1 aromatic heterocycles. The van der Waals surface area contributed by atoms with Crippen molar-refractivity contribution in [2.75, 3.05) is 0 Å². The van der Waals surface area contributed by atoms with Crippen LogP contribution in [0.1, 0.15) is 39.3 Å². The molecule has 5 nitrogen and oxygen atoms in total. The van der Waals surface area contributed by atoms with E-state index in [-0.39, 0.29) is 11.4 Å². The number of rotatable bonds is 4. The minimum absolute atomic E-state index is 0.128. The highest BCUT2D eigenvalue weighted by Gasteiger charge is 2.46. The molecule has 0 bridgehead atoms. The predicted molar refractivity (Wildman–Crippen MR) is 101 cm³/mol. The Kier molecular flexibility index (Phi) is 3.77. The average molecular weight is 368 g/mol. The Morgan fingerprint density at radius 2 is 1.81 bits per heavy atom. The quantitative estimate of drug-likeness (QED) is 0.741. The molecule has 0 atom stereocenters. The van der Waals surface area contributed by atoms with Crippen LogP contribution in [0.2, 0.25) is 5.02 Å². The van der Waals surface area contributed by atoms with Gasteiger partial charge in [-0.15, -0.1) is 0 Å². The minimum atomic E-state index is -0.459. The van der Waals surface area contributed by atoms with Crippen molar-refractivity contribution in [1.29, 1.82) is 0 Å². The van der Waals surface area contributed by atoms with Gasteiger partial charge in [0, 0.05) is 28.5 Å². The van der Waals surface area contributed by atoms with Crippen molar-refractivity contribution in [3.05, 3.63) is 70.4 Å². The van der Waals surface area contributed by atoms with Crippen LogP contribution in [-0.2, 0) is 12.6 Å². The lowest BCUT2D eigenvalue weighted by Gasteiger charge is -2.18. The van der Waals surface area contributed by atoms with Gasteiger partial charge in [-0.1, -0.05) is 29.8 Å². The standard InChI is InChI=1S/C20H18ClN3O2/c1-24-16-11-15(21)7-4-13(16)10-17(24)19(26)23-20(8-9-20)14-5-2-12(3-6-14)18(22)25/h2-7,10-11H,8-9H2,1H3,(H2,22,25)(H,23,26). The van der Waals surface area contributed by atoms with E-state index >= 15 is 0 Å². The molecule has 0 spiro atoms. The molecule has 3 aromatic rings. The van der Waals surface area contributed by atoms with Crippen LogP contribution in [-0.4, -0.2) is 16.4 Å². The Hall–Kier alpha value is -2.79. The molecule has 132 valence electrons. The fourth-order valence-electron chi connectivity index (χ4n) is 3.37. The molecule has 1 fully saturated rings. The number of fused-ring (bicyclic) bond motifs is 1. The van der Waals surface area contributed by atoms with Gasteiger partial charge in [-0.05, 0) is 48.7 Å². The zero-order valence-corrected chi connectivity index (χ0v) is 15.0. The molecule has 4 rings (SSSR count). The van der Waals surface area contributed by atoms with Gasteiger partial charge >= 0.3 is 0 Å². The third kappa shape index (κ3) is 2.74. The van der Waals surface area contributed by atoms with Gasteiger partial charge in [0.05, 0.1) is 5.54 Å². The van der Waals surface area contributed by atoms with E-state index in [1.54, 1.807) is 12.1 Å². The van der Waals surface area contributed by atoms with Crippen LogP contribution >= 0.6 is 11.6 Å². The topological polar surface area (TPSA) is 77.1 Å². The van der Waals surface area contributed by atoms with Gasteiger partial charge in [0.1, 0.15) is 5.69 Å². The molecule has 0 unspecified atom stereocenters. The Labute approximate surface area is 155 Å². The van der Waals surface area contributed by atoms with Gasteiger partial charge in [-0.3, -0.25) is 9.59 Å². The molecule has 2 aromatic carbocycles. The number of aryl methyl sites for hydroxylation is 1. The first-order chi connectivity index (χ1) is 12.4. The first kappa shape index (κ1) is 16.7. The Morgan fingerprint density at radius 3 is 2.42 bits per heavy atom. The number of aromatic nitrogens is 1. The smallest absolute Gasteiger partial charge is 0.268 e. The van der Waals surface area contributed by atoms with Gasteiger partial charge in [0.15, 0.2) is 0 Å². The van der Waals surface area contributed by atoms with Crippen molar-refractivity contribution < 1.29 is 9.59 Å². The van der Waals surface area contributed by atoms with E-state index < -0.39 is 5.91 Å². The number of primary amides is 1. The first-order valence-electron chi connectivity index (χ1n) is 8.37. The molecule has 26 heavy (non-hydrogen) atoms. The Morgan fingerprint density at radius 1 is 1.12 bits per heavy atom. The van der Waals surface area contributed by atoms with Gasteiger partial charge < -0.3 is 15.6 Å². The number of nitrogens with two attached hydrogens (primary N) is 1. The van der Waals surface area contributed by atoms with Crippen molar-refractivity contribution >= 4 is 34.3 Å². The Balaban J connectivity index is 1.62. The number of nitrogens with zero attached hydrogens (tertiary/aromatic N) is 1. The highest BCUT2D eigenvalue weighted by atomic mass is 35.5. The molecule has 1 aliphatic carbocycles. The van der Waals surface area contributed by atoms with Crippen molar-refractivity contribution in [3.8, 4) is 0 Å². The minimum Gasteiger partial charge on any atom is -0.366 e. The molecule has 1 saturated carbocycles. The molecule has 0 radical (unpaired) electrons. The number of nitrogens with one attached hydrogen (secondary N) is 1. The molecule has 3 N–H and O–H groups in total. The summed E-state index contributed by atoms with van der Waals surface area (Å²) < 4.78 is 1.85. The number of benzene rings is 2. The maximum absolute atomic E-state index is 12.9. The van der Waals surface area contributed by atoms with Gasteiger partial charge in [-0.2, -0.15) is 0 Å². The molecule has 1 heterocycles. The molecule has 0 aliphatic heterocycles. The number of hydrogen-bond donors (Lipinski definition) is 2. The molecule has 1 aliphatic rings. The van der Waals surface area contributed by atoms with E-state index in [0.29, 0.717) is 16.3 Å². The van der Waals surface area contributed by atoms with Crippen LogP contribution in [0, 0.1) is 0 Å². The summed E-state index contributed by atoms with van der Waals surface area (Å²) in [5.74, 6) is -0.587. The van der Waals surface area contributed by atoms with E-state index in [9.17, 15) is 9.59 Å². The highest BCUT2D eigenvalue weighted by Crippen LogP contribution is 2.45. The second-order valence-corrected chi connectivity index (χ2v) is 7.21. The molecule has 6 heteroatoms. The lowest BCUT2D eigenvalue weighted by molar-refractivity contribution is 0.0921. The number of halogens is 1. The third-order valence-electron chi connectivity index (χ3n) is 5.06. The van der Waals surface area contributed by atoms with Gasteiger partial charge in [0.2, 0.25) is 5.91 Å². The van der Waals surface area contributed by atoms with E-state index in [0.717, 1.165) is 29.3 Å². The largest absolute Gasteiger partial charge is 0.366 e. The monoisotopic (exact) mass is 367 g/mol. The van der Waals surface area contributed by atoms with Crippen molar-refractivity contribution in [3.63, 3.8) is 0 Å². The van der Waals surface area contributed by atoms with Crippen LogP contribution in [0.3, 0.4) is 0 Å². The van der Waals surface area contributed by atoms with Crippen LogP contribution in [0.25, 0.3) is 10.9 Å². The van der Waals surface area contributed by atoms with Crippen molar-refractivity contribution in [2.45, 2.75) is 18.4 Å². The molecular formula is C20H18ClN3O2. The zero-order chi connectivity index (χ0) is 18.5. The first-order valence-corrected chi connectivity index (χ1v) is 8.75. The highest BCUT2D eigenvalue weighted by molar-refractivity contribution is 6.31. The van der Waals surface area contributed by atoms with Crippen molar-refractivity contribution in [1.82, 2.24) is 9.88 Å². The van der Waals surface area contributed by atoms with Crippen LogP contribution in [0.15, 0.2) is 48.5 Å². The van der Waals surface area contributed by atoms with E-state index in [1.807, 2.05) is 48.0 Å². The third-order valence-corrected chi connectivity index (χ3v) is 5.30. The van der Waals surface area contributed by atoms with Crippen LogP contribution < -0.4 is 11.1 Å². The number of amides is 2. The lowest BCUT2D eigenvalue weighted by atomic mass is 10.0. The fourth-order valence-corrected chi connectivity index (χ4v) is 3.53. The zero-order valence-electron chi connectivity index (χ0n) is 14.3. The van der Waals surface area contributed by atoms with Gasteiger partial charge in [0.25, 0.3) is 5.91 Å². The van der Waals surface area contributed by atoms with Gasteiger partial charge in [-0.25, -0.2) is 0 Å². The molecule has 0 saturated heterocycles. The maximum Gasteiger partial charge on any atom is 0.268 e. The van der Waals surface area contributed by atoms with E-state index in [4.69, 9.17) is 17.3 Å². The predicted octanol–water partition coefficient (Wildman–Crippen LogP) is 3.35.